The number of alkyl halides is 1. The van der Waals surface area contributed by atoms with Crippen LogP contribution in [0.25, 0.3) is 0 Å². The molecule has 0 bridgehead atoms. The van der Waals surface area contributed by atoms with Crippen LogP contribution in [0, 0.1) is 11.8 Å². The Morgan fingerprint density at radius 3 is 2.76 bits per heavy atom. The average molecular weight is 315 g/mol. The van der Waals surface area contributed by atoms with E-state index in [4.69, 9.17) is 16.3 Å². The molecule has 1 fully saturated rings. The Hall–Kier alpha value is -1.59. The molecular weight excluding hydrogens is 300 g/mol. The molecule has 0 saturated carbocycles. The molecule has 3 N–H and O–H groups in total. The molecule has 0 radical (unpaired) electrons. The molecule has 5 atom stereocenters. The van der Waals surface area contributed by atoms with Crippen molar-refractivity contribution in [2.45, 2.75) is 43.3 Å². The van der Waals surface area contributed by atoms with E-state index in [9.17, 15) is 19.8 Å². The molecule has 114 valence electrons. The van der Waals surface area contributed by atoms with E-state index in [0.717, 1.165) is 10.6 Å². The number of H-pyrrole nitrogens is 1. The second-order valence-electron chi connectivity index (χ2n) is 4.80. The summed E-state index contributed by atoms with van der Waals surface area (Å²) in [5.41, 5.74) is -1.31. The first-order chi connectivity index (χ1) is 9.81. The number of aromatic nitrogens is 2. The van der Waals surface area contributed by atoms with Gasteiger partial charge in [-0.05, 0) is 13.8 Å². The van der Waals surface area contributed by atoms with Gasteiger partial charge >= 0.3 is 5.69 Å². The van der Waals surface area contributed by atoms with Crippen LogP contribution in [0.15, 0.2) is 21.9 Å². The highest BCUT2D eigenvalue weighted by molar-refractivity contribution is 6.27. The normalized spacial score (nSPS) is 33.3. The SMILES string of the molecule is CC#CC1(Cl)[C@@H](O)[C@@H]([C@H](C)O)O[C@H]1n1ccc(=O)[nH]c1=O. The number of ether oxygens (including phenoxy) is 1. The number of nitrogens with zero attached hydrogens (tertiary/aromatic N) is 1. The number of rotatable bonds is 2. The molecule has 2 heterocycles. The Balaban J connectivity index is 2.56. The van der Waals surface area contributed by atoms with Gasteiger partial charge in [-0.25, -0.2) is 4.79 Å². The van der Waals surface area contributed by atoms with Gasteiger partial charge in [0.15, 0.2) is 11.1 Å². The van der Waals surface area contributed by atoms with Crippen molar-refractivity contribution in [3.63, 3.8) is 0 Å². The van der Waals surface area contributed by atoms with E-state index < -0.39 is 40.7 Å². The number of aliphatic hydroxyl groups excluding tert-OH is 2. The van der Waals surface area contributed by atoms with Crippen LogP contribution in [0.1, 0.15) is 20.1 Å². The molecule has 7 nitrogen and oxygen atoms in total. The van der Waals surface area contributed by atoms with Gasteiger partial charge in [0.25, 0.3) is 5.56 Å². The van der Waals surface area contributed by atoms with Gasteiger partial charge in [0, 0.05) is 12.3 Å². The van der Waals surface area contributed by atoms with Crippen molar-refractivity contribution in [3.8, 4) is 11.8 Å². The lowest BCUT2D eigenvalue weighted by atomic mass is 9.96. The molecule has 0 aliphatic carbocycles. The lowest BCUT2D eigenvalue weighted by Crippen LogP contribution is -2.45. The second kappa shape index (κ2) is 5.66. The van der Waals surface area contributed by atoms with Gasteiger partial charge < -0.3 is 14.9 Å². The zero-order valence-corrected chi connectivity index (χ0v) is 12.2. The van der Waals surface area contributed by atoms with Crippen LogP contribution in [0.3, 0.4) is 0 Å². The van der Waals surface area contributed by atoms with E-state index in [0.29, 0.717) is 0 Å². The maximum Gasteiger partial charge on any atom is 0.330 e. The van der Waals surface area contributed by atoms with Gasteiger partial charge in [-0.2, -0.15) is 0 Å². The number of aliphatic hydroxyl groups is 2. The van der Waals surface area contributed by atoms with Gasteiger partial charge in [0.05, 0.1) is 6.10 Å². The van der Waals surface area contributed by atoms with Crippen LogP contribution in [0.4, 0.5) is 0 Å². The molecule has 2 rings (SSSR count). The first-order valence-electron chi connectivity index (χ1n) is 6.27. The Labute approximate surface area is 125 Å². The third-order valence-corrected chi connectivity index (χ3v) is 3.79. The molecule has 1 unspecified atom stereocenters. The average Bonchev–Trinajstić information content (AvgIpc) is 2.64. The molecule has 1 aliphatic heterocycles. The maximum absolute atomic E-state index is 11.9. The van der Waals surface area contributed by atoms with E-state index in [1.165, 1.54) is 20.0 Å². The van der Waals surface area contributed by atoms with Crippen LogP contribution in [0.5, 0.6) is 0 Å². The van der Waals surface area contributed by atoms with Gasteiger partial charge in [-0.15, -0.1) is 5.92 Å². The number of aromatic amines is 1. The minimum Gasteiger partial charge on any atom is -0.391 e. The monoisotopic (exact) mass is 314 g/mol. The van der Waals surface area contributed by atoms with Crippen LogP contribution in [-0.2, 0) is 4.74 Å². The topological polar surface area (TPSA) is 105 Å². The Morgan fingerprint density at radius 2 is 2.24 bits per heavy atom. The molecule has 0 aromatic carbocycles. The molecule has 0 spiro atoms. The number of hydrogen-bond acceptors (Lipinski definition) is 5. The first kappa shape index (κ1) is 15.8. The lowest BCUT2D eigenvalue weighted by molar-refractivity contribution is -0.0773. The Morgan fingerprint density at radius 1 is 1.57 bits per heavy atom. The number of nitrogens with one attached hydrogen (secondary N) is 1. The predicted molar refractivity (Wildman–Crippen MR) is 75.0 cm³/mol. The van der Waals surface area contributed by atoms with Crippen molar-refractivity contribution in [1.82, 2.24) is 9.55 Å². The summed E-state index contributed by atoms with van der Waals surface area (Å²) in [6, 6.07) is 1.13. The largest absolute Gasteiger partial charge is 0.391 e. The van der Waals surface area contributed by atoms with Crippen molar-refractivity contribution in [1.29, 1.82) is 0 Å². The van der Waals surface area contributed by atoms with Gasteiger partial charge in [-0.3, -0.25) is 14.3 Å². The Kier molecular flexibility index (Phi) is 4.25. The zero-order valence-electron chi connectivity index (χ0n) is 11.4. The summed E-state index contributed by atoms with van der Waals surface area (Å²) in [5.74, 6) is 5.20. The second-order valence-corrected chi connectivity index (χ2v) is 5.42. The minimum atomic E-state index is -1.61. The van der Waals surface area contributed by atoms with E-state index in [1.54, 1.807) is 0 Å². The maximum atomic E-state index is 11.9. The molecule has 8 heteroatoms. The third kappa shape index (κ3) is 2.63. The van der Waals surface area contributed by atoms with E-state index >= 15 is 0 Å². The Bertz CT molecular complexity index is 701. The molecule has 1 saturated heterocycles. The van der Waals surface area contributed by atoms with Crippen molar-refractivity contribution in [2.75, 3.05) is 0 Å². The quantitative estimate of drug-likeness (QED) is 0.488. The summed E-state index contributed by atoms with van der Waals surface area (Å²) in [6.45, 7) is 2.96. The van der Waals surface area contributed by atoms with Crippen molar-refractivity contribution in [3.05, 3.63) is 33.1 Å². The molecule has 21 heavy (non-hydrogen) atoms. The summed E-state index contributed by atoms with van der Waals surface area (Å²) in [7, 11) is 0. The fourth-order valence-electron chi connectivity index (χ4n) is 2.29. The van der Waals surface area contributed by atoms with Crippen molar-refractivity contribution >= 4 is 11.6 Å². The zero-order chi connectivity index (χ0) is 15.8. The lowest BCUT2D eigenvalue weighted by Gasteiger charge is -2.25. The summed E-state index contributed by atoms with van der Waals surface area (Å²) in [5, 5.41) is 19.9. The van der Waals surface area contributed by atoms with Crippen LogP contribution in [0.2, 0.25) is 0 Å². The highest BCUT2D eigenvalue weighted by Crippen LogP contribution is 2.43. The first-order valence-corrected chi connectivity index (χ1v) is 6.65. The van der Waals surface area contributed by atoms with E-state index in [2.05, 4.69) is 16.8 Å². The smallest absolute Gasteiger partial charge is 0.330 e. The number of hydrogen-bond donors (Lipinski definition) is 3. The van der Waals surface area contributed by atoms with E-state index in [1.807, 2.05) is 0 Å². The van der Waals surface area contributed by atoms with Crippen molar-refractivity contribution in [2.24, 2.45) is 0 Å². The van der Waals surface area contributed by atoms with Gasteiger partial charge in [-0.1, -0.05) is 17.5 Å². The minimum absolute atomic E-state index is 0.566. The highest BCUT2D eigenvalue weighted by atomic mass is 35.5. The summed E-state index contributed by atoms with van der Waals surface area (Å²) >= 11 is 6.36. The summed E-state index contributed by atoms with van der Waals surface area (Å²) in [6.07, 6.45) is -3.27. The summed E-state index contributed by atoms with van der Waals surface area (Å²) in [4.78, 5) is 23.5. The molecular formula is C13H15ClN2O5. The third-order valence-electron chi connectivity index (χ3n) is 3.28. The van der Waals surface area contributed by atoms with Gasteiger partial charge in [0.2, 0.25) is 0 Å². The number of halogens is 1. The van der Waals surface area contributed by atoms with Crippen LogP contribution >= 0.6 is 11.6 Å². The van der Waals surface area contributed by atoms with Crippen LogP contribution < -0.4 is 11.2 Å². The molecule has 1 aliphatic rings. The standard InChI is InChI=1S/C13H15ClN2O5/c1-3-5-13(14)10(19)9(7(2)17)21-11(13)16-6-4-8(18)15-12(16)20/h4,6-7,9-11,17,19H,1-2H3,(H,15,18,20)/t7-,9+,10-,11+,13?/m0/s1. The molecule has 1 aromatic heterocycles. The summed E-state index contributed by atoms with van der Waals surface area (Å²) < 4.78 is 6.55. The molecule has 0 amide bonds. The fourth-order valence-corrected chi connectivity index (χ4v) is 2.67. The van der Waals surface area contributed by atoms with E-state index in [-0.39, 0.29) is 0 Å². The fraction of sp³-hybridized carbons (Fsp3) is 0.538. The predicted octanol–water partition coefficient (Wildman–Crippen LogP) is -0.823. The van der Waals surface area contributed by atoms with Crippen LogP contribution in [-0.4, -0.2) is 43.0 Å². The highest BCUT2D eigenvalue weighted by Gasteiger charge is 2.57. The molecule has 1 aromatic rings. The van der Waals surface area contributed by atoms with Gasteiger partial charge in [0.1, 0.15) is 12.2 Å². The van der Waals surface area contributed by atoms with Crippen molar-refractivity contribution < 1.29 is 14.9 Å².